The van der Waals surface area contributed by atoms with Crippen LogP contribution in [-0.4, -0.2) is 35.5 Å². The minimum atomic E-state index is 0.122. The molecule has 3 nitrogen and oxygen atoms in total. The van der Waals surface area contributed by atoms with E-state index < -0.39 is 0 Å². The van der Waals surface area contributed by atoms with Crippen molar-refractivity contribution in [3.8, 4) is 0 Å². The summed E-state index contributed by atoms with van der Waals surface area (Å²) in [5.41, 5.74) is 1.23. The number of carbonyl (C=O) groups is 1. The fourth-order valence-electron chi connectivity index (χ4n) is 3.47. The third-order valence-electron chi connectivity index (χ3n) is 4.54. The molecule has 3 unspecified atom stereocenters. The van der Waals surface area contributed by atoms with Gasteiger partial charge in [-0.3, -0.25) is 9.69 Å². The summed E-state index contributed by atoms with van der Waals surface area (Å²) in [7, 11) is 0. The summed E-state index contributed by atoms with van der Waals surface area (Å²) in [6, 6.07) is 10.3. The van der Waals surface area contributed by atoms with Crippen molar-refractivity contribution in [2.24, 2.45) is 17.8 Å². The van der Waals surface area contributed by atoms with Gasteiger partial charge in [0.15, 0.2) is 0 Å². The van der Waals surface area contributed by atoms with E-state index in [1.54, 1.807) is 0 Å². The Morgan fingerprint density at radius 1 is 1.24 bits per heavy atom. The van der Waals surface area contributed by atoms with Gasteiger partial charge in [-0.25, -0.2) is 0 Å². The van der Waals surface area contributed by atoms with E-state index in [1.165, 1.54) is 5.56 Å². The van der Waals surface area contributed by atoms with Gasteiger partial charge < -0.3 is 5.11 Å². The summed E-state index contributed by atoms with van der Waals surface area (Å²) >= 11 is 0. The number of aliphatic hydroxyl groups excluding tert-OH is 1. The molecule has 116 valence electrons. The zero-order chi connectivity index (χ0) is 15.2. The molecule has 0 aliphatic heterocycles. The summed E-state index contributed by atoms with van der Waals surface area (Å²) in [6.07, 6.45) is 1.85. The van der Waals surface area contributed by atoms with Gasteiger partial charge >= 0.3 is 0 Å². The molecule has 3 heteroatoms. The highest BCUT2D eigenvalue weighted by molar-refractivity contribution is 5.82. The zero-order valence-corrected chi connectivity index (χ0v) is 13.2. The second-order valence-electron chi connectivity index (χ2n) is 6.54. The number of rotatable bonds is 6. The summed E-state index contributed by atoms with van der Waals surface area (Å²) in [5, 5.41) is 9.29. The maximum atomic E-state index is 12.3. The molecular formula is C18H27NO2. The molecule has 1 saturated carbocycles. The SMILES string of the molecule is CC1CC(=O)C(CN(CCO)Cc2ccccc2)C(C)C1. The van der Waals surface area contributed by atoms with E-state index in [9.17, 15) is 9.90 Å². The lowest BCUT2D eigenvalue weighted by molar-refractivity contribution is -0.128. The number of hydrogen-bond acceptors (Lipinski definition) is 3. The zero-order valence-electron chi connectivity index (χ0n) is 13.2. The molecule has 1 aromatic carbocycles. The summed E-state index contributed by atoms with van der Waals surface area (Å²) < 4.78 is 0. The smallest absolute Gasteiger partial charge is 0.137 e. The van der Waals surface area contributed by atoms with Crippen LogP contribution in [0, 0.1) is 17.8 Å². The lowest BCUT2D eigenvalue weighted by Crippen LogP contribution is -2.41. The molecule has 0 heterocycles. The van der Waals surface area contributed by atoms with Gasteiger partial charge in [-0.15, -0.1) is 0 Å². The van der Waals surface area contributed by atoms with Crippen LogP contribution in [0.2, 0.25) is 0 Å². The third-order valence-corrected chi connectivity index (χ3v) is 4.54. The number of hydrogen-bond donors (Lipinski definition) is 1. The molecule has 1 aliphatic carbocycles. The Bertz CT molecular complexity index is 446. The standard InChI is InChI=1S/C18H27NO2/c1-14-10-15(2)17(18(21)11-14)13-19(8-9-20)12-16-6-4-3-5-7-16/h3-7,14-15,17,20H,8-13H2,1-2H3. The Hall–Kier alpha value is -1.19. The van der Waals surface area contributed by atoms with Crippen LogP contribution < -0.4 is 0 Å². The van der Waals surface area contributed by atoms with E-state index in [1.807, 2.05) is 18.2 Å². The first-order valence-corrected chi connectivity index (χ1v) is 8.00. The predicted molar refractivity (Wildman–Crippen MR) is 84.9 cm³/mol. The number of Topliss-reactive ketones (excluding diaryl/α,β-unsaturated/α-hetero) is 1. The largest absolute Gasteiger partial charge is 0.395 e. The predicted octanol–water partition coefficient (Wildman–Crippen LogP) is 2.73. The van der Waals surface area contributed by atoms with Crippen molar-refractivity contribution in [1.29, 1.82) is 0 Å². The van der Waals surface area contributed by atoms with Gasteiger partial charge in [0.25, 0.3) is 0 Å². The fourth-order valence-corrected chi connectivity index (χ4v) is 3.47. The monoisotopic (exact) mass is 289 g/mol. The number of aliphatic hydroxyl groups is 1. The van der Waals surface area contributed by atoms with Crippen molar-refractivity contribution in [3.63, 3.8) is 0 Å². The summed E-state index contributed by atoms with van der Waals surface area (Å²) in [5.74, 6) is 1.48. The fraction of sp³-hybridized carbons (Fsp3) is 0.611. The quantitative estimate of drug-likeness (QED) is 0.875. The molecule has 21 heavy (non-hydrogen) atoms. The van der Waals surface area contributed by atoms with Crippen LogP contribution in [0.1, 0.15) is 32.3 Å². The van der Waals surface area contributed by atoms with Gasteiger partial charge in [0.2, 0.25) is 0 Å². The maximum Gasteiger partial charge on any atom is 0.137 e. The van der Waals surface area contributed by atoms with E-state index >= 15 is 0 Å². The van der Waals surface area contributed by atoms with Crippen LogP contribution in [-0.2, 0) is 11.3 Å². The van der Waals surface area contributed by atoms with Crippen LogP contribution >= 0.6 is 0 Å². The van der Waals surface area contributed by atoms with Crippen molar-refractivity contribution in [2.45, 2.75) is 33.2 Å². The number of ketones is 1. The van der Waals surface area contributed by atoms with Crippen molar-refractivity contribution < 1.29 is 9.90 Å². The van der Waals surface area contributed by atoms with Gasteiger partial charge in [-0.05, 0) is 23.8 Å². The van der Waals surface area contributed by atoms with Crippen molar-refractivity contribution >= 4 is 5.78 Å². The Morgan fingerprint density at radius 3 is 2.57 bits per heavy atom. The van der Waals surface area contributed by atoms with Crippen LogP contribution in [0.3, 0.4) is 0 Å². The molecule has 1 aromatic rings. The minimum absolute atomic E-state index is 0.122. The molecule has 0 amide bonds. The molecule has 1 fully saturated rings. The van der Waals surface area contributed by atoms with Crippen LogP contribution in [0.5, 0.6) is 0 Å². The van der Waals surface area contributed by atoms with E-state index in [-0.39, 0.29) is 12.5 Å². The topological polar surface area (TPSA) is 40.5 Å². The van der Waals surface area contributed by atoms with Gasteiger partial charge in [-0.1, -0.05) is 44.2 Å². The maximum absolute atomic E-state index is 12.3. The molecule has 0 radical (unpaired) electrons. The van der Waals surface area contributed by atoms with Crippen LogP contribution in [0.25, 0.3) is 0 Å². The highest BCUT2D eigenvalue weighted by Crippen LogP contribution is 2.31. The molecule has 0 saturated heterocycles. The Labute approximate surface area is 128 Å². The summed E-state index contributed by atoms with van der Waals surface area (Å²) in [6.45, 7) is 6.69. The lowest BCUT2D eigenvalue weighted by Gasteiger charge is -2.35. The second-order valence-corrected chi connectivity index (χ2v) is 6.54. The van der Waals surface area contributed by atoms with Crippen LogP contribution in [0.4, 0.5) is 0 Å². The number of carbonyl (C=O) groups excluding carboxylic acids is 1. The van der Waals surface area contributed by atoms with Gasteiger partial charge in [0.05, 0.1) is 6.61 Å². The average molecular weight is 289 g/mol. The molecule has 0 bridgehead atoms. The summed E-state index contributed by atoms with van der Waals surface area (Å²) in [4.78, 5) is 14.5. The first-order valence-electron chi connectivity index (χ1n) is 8.00. The Morgan fingerprint density at radius 2 is 1.95 bits per heavy atom. The molecule has 1 aliphatic rings. The molecule has 0 aromatic heterocycles. The van der Waals surface area contributed by atoms with Crippen LogP contribution in [0.15, 0.2) is 30.3 Å². The van der Waals surface area contributed by atoms with Gasteiger partial charge in [-0.2, -0.15) is 0 Å². The van der Waals surface area contributed by atoms with Gasteiger partial charge in [0.1, 0.15) is 5.78 Å². The average Bonchev–Trinajstić information content (AvgIpc) is 2.44. The molecular weight excluding hydrogens is 262 g/mol. The van der Waals surface area contributed by atoms with Crippen molar-refractivity contribution in [3.05, 3.63) is 35.9 Å². The molecule has 0 spiro atoms. The Balaban J connectivity index is 2.00. The highest BCUT2D eigenvalue weighted by Gasteiger charge is 2.33. The normalized spacial score (nSPS) is 26.3. The first kappa shape index (κ1) is 16.2. The van der Waals surface area contributed by atoms with E-state index in [4.69, 9.17) is 0 Å². The van der Waals surface area contributed by atoms with Gasteiger partial charge in [0, 0.05) is 32.0 Å². The Kier molecular flexibility index (Phi) is 5.95. The third kappa shape index (κ3) is 4.65. The number of benzene rings is 1. The van der Waals surface area contributed by atoms with E-state index in [0.29, 0.717) is 30.6 Å². The van der Waals surface area contributed by atoms with E-state index in [2.05, 4.69) is 30.9 Å². The number of nitrogens with zero attached hydrogens (tertiary/aromatic N) is 1. The molecule has 3 atom stereocenters. The molecule has 1 N–H and O–H groups in total. The molecule has 2 rings (SSSR count). The minimum Gasteiger partial charge on any atom is -0.395 e. The second kappa shape index (κ2) is 7.71. The lowest BCUT2D eigenvalue weighted by atomic mass is 9.74. The highest BCUT2D eigenvalue weighted by atomic mass is 16.3. The van der Waals surface area contributed by atoms with Crippen molar-refractivity contribution in [1.82, 2.24) is 4.90 Å². The van der Waals surface area contributed by atoms with Crippen molar-refractivity contribution in [2.75, 3.05) is 19.7 Å². The van der Waals surface area contributed by atoms with E-state index in [0.717, 1.165) is 19.5 Å². The first-order chi connectivity index (χ1) is 10.1.